The summed E-state index contributed by atoms with van der Waals surface area (Å²) in [6.45, 7) is 3.21. The van der Waals surface area contributed by atoms with Crippen LogP contribution in [0.15, 0.2) is 53.7 Å². The lowest BCUT2D eigenvalue weighted by atomic mass is 10.2. The van der Waals surface area contributed by atoms with Crippen LogP contribution >= 0.6 is 11.8 Å². The smallest absolute Gasteiger partial charge is 0.232 e. The van der Waals surface area contributed by atoms with E-state index in [2.05, 4.69) is 20.4 Å². The number of benzene rings is 2. The molecule has 0 spiro atoms. The summed E-state index contributed by atoms with van der Waals surface area (Å²) < 4.78 is 18.1. The van der Waals surface area contributed by atoms with E-state index < -0.39 is 0 Å². The van der Waals surface area contributed by atoms with Gasteiger partial charge >= 0.3 is 0 Å². The van der Waals surface area contributed by atoms with Gasteiger partial charge in [0.1, 0.15) is 0 Å². The molecule has 3 aromatic rings. The van der Waals surface area contributed by atoms with E-state index in [0.29, 0.717) is 36.4 Å². The summed E-state index contributed by atoms with van der Waals surface area (Å²) in [6, 6.07) is 15.5. The van der Waals surface area contributed by atoms with Crippen molar-refractivity contribution in [3.8, 4) is 17.2 Å². The van der Waals surface area contributed by atoms with Crippen LogP contribution in [0.25, 0.3) is 5.69 Å². The predicted octanol–water partition coefficient (Wildman–Crippen LogP) is 2.53. The molecule has 1 N–H and O–H groups in total. The molecule has 1 fully saturated rings. The van der Waals surface area contributed by atoms with Crippen LogP contribution < -0.4 is 19.7 Å². The molecule has 9 nitrogen and oxygen atoms in total. The zero-order valence-electron chi connectivity index (χ0n) is 18.7. The SMILES string of the molecule is COc1ccc(CNC(=O)CSc2nnc(N3CCOCC3)n2-c2ccccc2)cc1OC. The second kappa shape index (κ2) is 11.1. The van der Waals surface area contributed by atoms with Crippen LogP contribution in [0, 0.1) is 0 Å². The highest BCUT2D eigenvalue weighted by molar-refractivity contribution is 7.99. The van der Waals surface area contributed by atoms with Crippen molar-refractivity contribution >= 4 is 23.6 Å². The highest BCUT2D eigenvalue weighted by Gasteiger charge is 2.22. The number of carbonyl (C=O) groups is 1. The van der Waals surface area contributed by atoms with Gasteiger partial charge in [-0.3, -0.25) is 9.36 Å². The third-order valence-electron chi connectivity index (χ3n) is 5.19. The molecule has 33 heavy (non-hydrogen) atoms. The molecule has 0 aliphatic carbocycles. The summed E-state index contributed by atoms with van der Waals surface area (Å²) in [7, 11) is 3.18. The lowest BCUT2D eigenvalue weighted by Gasteiger charge is -2.27. The summed E-state index contributed by atoms with van der Waals surface area (Å²) in [6.07, 6.45) is 0. The fourth-order valence-corrected chi connectivity index (χ4v) is 4.28. The Morgan fingerprint density at radius 1 is 1.06 bits per heavy atom. The van der Waals surface area contributed by atoms with Gasteiger partial charge in [-0.25, -0.2) is 0 Å². The van der Waals surface area contributed by atoms with Crippen LogP contribution in [0.1, 0.15) is 5.56 Å². The van der Waals surface area contributed by atoms with Gasteiger partial charge in [-0.15, -0.1) is 10.2 Å². The Bertz CT molecular complexity index is 1070. The van der Waals surface area contributed by atoms with Crippen molar-refractivity contribution in [3.63, 3.8) is 0 Å². The Labute approximate surface area is 197 Å². The predicted molar refractivity (Wildman–Crippen MR) is 127 cm³/mol. The van der Waals surface area contributed by atoms with Crippen LogP contribution in [-0.4, -0.2) is 66.9 Å². The maximum atomic E-state index is 12.6. The number of carbonyl (C=O) groups excluding carboxylic acids is 1. The maximum Gasteiger partial charge on any atom is 0.232 e. The first kappa shape index (κ1) is 22.9. The van der Waals surface area contributed by atoms with Crippen LogP contribution in [0.3, 0.4) is 0 Å². The Morgan fingerprint density at radius 2 is 1.82 bits per heavy atom. The van der Waals surface area contributed by atoms with Gasteiger partial charge in [-0.05, 0) is 29.8 Å². The van der Waals surface area contributed by atoms with E-state index in [1.165, 1.54) is 11.8 Å². The van der Waals surface area contributed by atoms with Crippen molar-refractivity contribution in [1.82, 2.24) is 20.1 Å². The topological polar surface area (TPSA) is 90.7 Å². The minimum absolute atomic E-state index is 0.0923. The number of morpholine rings is 1. The normalized spacial score (nSPS) is 13.6. The number of hydrogen-bond acceptors (Lipinski definition) is 8. The maximum absolute atomic E-state index is 12.6. The van der Waals surface area contributed by atoms with Crippen molar-refractivity contribution < 1.29 is 19.0 Å². The van der Waals surface area contributed by atoms with E-state index >= 15 is 0 Å². The molecule has 10 heteroatoms. The Balaban J connectivity index is 1.42. The van der Waals surface area contributed by atoms with Crippen LogP contribution in [0.4, 0.5) is 5.95 Å². The Morgan fingerprint density at radius 3 is 2.55 bits per heavy atom. The molecular weight excluding hydrogens is 442 g/mol. The zero-order valence-corrected chi connectivity index (χ0v) is 19.5. The number of aromatic nitrogens is 3. The van der Waals surface area contributed by atoms with Gasteiger partial charge in [0, 0.05) is 19.6 Å². The number of hydrogen-bond donors (Lipinski definition) is 1. The molecule has 4 rings (SSSR count). The largest absolute Gasteiger partial charge is 0.493 e. The lowest BCUT2D eigenvalue weighted by molar-refractivity contribution is -0.118. The summed E-state index contributed by atoms with van der Waals surface area (Å²) in [5.74, 6) is 2.18. The first-order chi connectivity index (χ1) is 16.2. The molecule has 0 radical (unpaired) electrons. The monoisotopic (exact) mass is 469 g/mol. The van der Waals surface area contributed by atoms with Crippen LogP contribution in [-0.2, 0) is 16.1 Å². The first-order valence-electron chi connectivity index (χ1n) is 10.6. The average molecular weight is 470 g/mol. The molecular formula is C23H27N5O4S. The number of para-hydroxylation sites is 1. The van der Waals surface area contributed by atoms with E-state index in [0.717, 1.165) is 30.3 Å². The average Bonchev–Trinajstić information content (AvgIpc) is 3.31. The minimum Gasteiger partial charge on any atom is -0.493 e. The number of nitrogens with one attached hydrogen (secondary N) is 1. The van der Waals surface area contributed by atoms with Crippen molar-refractivity contribution in [3.05, 3.63) is 54.1 Å². The number of thioether (sulfide) groups is 1. The van der Waals surface area contributed by atoms with Crippen molar-refractivity contribution in [2.24, 2.45) is 0 Å². The number of methoxy groups -OCH3 is 2. The zero-order chi connectivity index (χ0) is 23.0. The van der Waals surface area contributed by atoms with Gasteiger partial charge in [0.15, 0.2) is 16.7 Å². The molecule has 0 atom stereocenters. The van der Waals surface area contributed by atoms with Crippen molar-refractivity contribution in [2.45, 2.75) is 11.7 Å². The quantitative estimate of drug-likeness (QED) is 0.478. The number of anilines is 1. The van der Waals surface area contributed by atoms with E-state index in [1.807, 2.05) is 53.1 Å². The second-order valence-electron chi connectivity index (χ2n) is 7.31. The molecule has 1 aliphatic rings. The number of nitrogens with zero attached hydrogens (tertiary/aromatic N) is 4. The molecule has 0 bridgehead atoms. The number of rotatable bonds is 9. The number of amides is 1. The van der Waals surface area contributed by atoms with E-state index in [9.17, 15) is 4.79 Å². The second-order valence-corrected chi connectivity index (χ2v) is 8.25. The molecule has 1 aromatic heterocycles. The van der Waals surface area contributed by atoms with Gasteiger partial charge < -0.3 is 24.4 Å². The van der Waals surface area contributed by atoms with Gasteiger partial charge in [0.25, 0.3) is 0 Å². The van der Waals surface area contributed by atoms with Crippen molar-refractivity contribution in [2.75, 3.05) is 51.2 Å². The lowest BCUT2D eigenvalue weighted by Crippen LogP contribution is -2.37. The molecule has 0 saturated carbocycles. The molecule has 2 heterocycles. The first-order valence-corrected chi connectivity index (χ1v) is 11.6. The fourth-order valence-electron chi connectivity index (χ4n) is 3.50. The molecule has 0 unspecified atom stereocenters. The highest BCUT2D eigenvalue weighted by atomic mass is 32.2. The van der Waals surface area contributed by atoms with Gasteiger partial charge in [0.05, 0.1) is 38.9 Å². The minimum atomic E-state index is -0.0923. The van der Waals surface area contributed by atoms with E-state index in [-0.39, 0.29) is 11.7 Å². The van der Waals surface area contributed by atoms with Crippen LogP contribution in [0.5, 0.6) is 11.5 Å². The molecule has 1 aliphatic heterocycles. The molecule has 1 saturated heterocycles. The summed E-state index contributed by atoms with van der Waals surface area (Å²) in [5, 5.41) is 12.4. The molecule has 2 aromatic carbocycles. The van der Waals surface area contributed by atoms with Gasteiger partial charge in [-0.2, -0.15) is 0 Å². The Kier molecular flexibility index (Phi) is 7.69. The third kappa shape index (κ3) is 5.58. The van der Waals surface area contributed by atoms with Crippen molar-refractivity contribution in [1.29, 1.82) is 0 Å². The standard InChI is InChI=1S/C23H27N5O4S/c1-30-19-9-8-17(14-20(19)31-2)15-24-21(29)16-33-23-26-25-22(27-10-12-32-13-11-27)28(23)18-6-4-3-5-7-18/h3-9,14H,10-13,15-16H2,1-2H3,(H,24,29). The molecule has 174 valence electrons. The highest BCUT2D eigenvalue weighted by Crippen LogP contribution is 2.28. The molecule has 1 amide bonds. The van der Waals surface area contributed by atoms with E-state index in [4.69, 9.17) is 14.2 Å². The summed E-state index contributed by atoms with van der Waals surface area (Å²) >= 11 is 1.36. The summed E-state index contributed by atoms with van der Waals surface area (Å²) in [4.78, 5) is 14.7. The third-order valence-corrected chi connectivity index (χ3v) is 6.12. The number of ether oxygens (including phenoxy) is 3. The fraction of sp³-hybridized carbons (Fsp3) is 0.348. The Hall–Kier alpha value is -3.24. The van der Waals surface area contributed by atoms with E-state index in [1.54, 1.807) is 14.2 Å². The van der Waals surface area contributed by atoms with Gasteiger partial charge in [0.2, 0.25) is 11.9 Å². The van der Waals surface area contributed by atoms with Crippen LogP contribution in [0.2, 0.25) is 0 Å². The summed E-state index contributed by atoms with van der Waals surface area (Å²) in [5.41, 5.74) is 1.88. The van der Waals surface area contributed by atoms with Gasteiger partial charge in [-0.1, -0.05) is 36.0 Å².